The highest BCUT2D eigenvalue weighted by molar-refractivity contribution is 7.84. The number of halogens is 3. The van der Waals surface area contributed by atoms with Gasteiger partial charge in [-0.15, -0.1) is 0 Å². The summed E-state index contributed by atoms with van der Waals surface area (Å²) >= 11 is 0. The van der Waals surface area contributed by atoms with E-state index in [1.54, 1.807) is 42.5 Å². The van der Waals surface area contributed by atoms with Crippen LogP contribution in [0.1, 0.15) is 27.0 Å². The van der Waals surface area contributed by atoms with Gasteiger partial charge < -0.3 is 5.73 Å². The molecule has 5 nitrogen and oxygen atoms in total. The first-order chi connectivity index (χ1) is 14.2. The van der Waals surface area contributed by atoms with E-state index in [0.717, 1.165) is 6.07 Å². The van der Waals surface area contributed by atoms with Gasteiger partial charge in [-0.05, 0) is 17.7 Å². The lowest BCUT2D eigenvalue weighted by molar-refractivity contribution is -0.138. The Morgan fingerprint density at radius 2 is 1.73 bits per heavy atom. The van der Waals surface area contributed by atoms with Gasteiger partial charge in [0.1, 0.15) is 11.1 Å². The Bertz CT molecular complexity index is 1170. The molecule has 1 heterocycles. The number of nitriles is 1. The molecule has 30 heavy (non-hydrogen) atoms. The van der Waals surface area contributed by atoms with Gasteiger partial charge in [-0.3, -0.25) is 9.00 Å². The summed E-state index contributed by atoms with van der Waals surface area (Å²) in [7, 11) is -2.14. The number of benzene rings is 2. The third kappa shape index (κ3) is 4.39. The molecule has 3 aromatic rings. The summed E-state index contributed by atoms with van der Waals surface area (Å²) < 4.78 is 53.9. The highest BCUT2D eigenvalue weighted by Gasteiger charge is 2.37. The van der Waals surface area contributed by atoms with Crippen LogP contribution in [0.2, 0.25) is 0 Å². The Labute approximate surface area is 172 Å². The van der Waals surface area contributed by atoms with Gasteiger partial charge in [-0.1, -0.05) is 48.5 Å². The van der Waals surface area contributed by atoms with Gasteiger partial charge in [-0.25, -0.2) is 4.98 Å². The number of rotatable bonds is 5. The molecule has 0 fully saturated rings. The minimum Gasteiger partial charge on any atom is -0.366 e. The van der Waals surface area contributed by atoms with Crippen LogP contribution >= 0.6 is 0 Å². The molecule has 0 radical (unpaired) electrons. The van der Waals surface area contributed by atoms with Gasteiger partial charge in [0.05, 0.1) is 33.4 Å². The number of primary amides is 1. The predicted octanol–water partition coefficient (Wildman–Crippen LogP) is 4.05. The zero-order valence-corrected chi connectivity index (χ0v) is 16.1. The van der Waals surface area contributed by atoms with E-state index in [2.05, 4.69) is 4.98 Å². The topological polar surface area (TPSA) is 96.8 Å². The van der Waals surface area contributed by atoms with Gasteiger partial charge in [0.25, 0.3) is 0 Å². The summed E-state index contributed by atoms with van der Waals surface area (Å²) in [6.45, 7) is 0. The molecular formula is C21H14F3N3O2S. The second-order valence-electron chi connectivity index (χ2n) is 6.22. The molecule has 1 aromatic heterocycles. The van der Waals surface area contributed by atoms with Crippen molar-refractivity contribution < 1.29 is 22.2 Å². The van der Waals surface area contributed by atoms with Crippen molar-refractivity contribution >= 4 is 16.7 Å². The lowest BCUT2D eigenvalue weighted by atomic mass is 10.1. The van der Waals surface area contributed by atoms with Gasteiger partial charge in [0.15, 0.2) is 0 Å². The summed E-state index contributed by atoms with van der Waals surface area (Å²) in [6, 6.07) is 16.4. The minimum absolute atomic E-state index is 0.0616. The Hall–Kier alpha value is -3.51. The molecule has 1 unspecified atom stereocenters. The summed E-state index contributed by atoms with van der Waals surface area (Å²) in [5.41, 5.74) is 3.98. The molecule has 2 N–H and O–H groups in total. The molecule has 152 valence electrons. The molecule has 0 aliphatic rings. The highest BCUT2D eigenvalue weighted by Crippen LogP contribution is 2.36. The van der Waals surface area contributed by atoms with Crippen LogP contribution in [0.3, 0.4) is 0 Å². The minimum atomic E-state index is -4.85. The number of hydrogen-bond donors (Lipinski definition) is 1. The van der Waals surface area contributed by atoms with Crippen LogP contribution in [0, 0.1) is 11.3 Å². The smallest absolute Gasteiger partial charge is 0.366 e. The van der Waals surface area contributed by atoms with Crippen LogP contribution in [0.4, 0.5) is 13.2 Å². The van der Waals surface area contributed by atoms with Crippen LogP contribution < -0.4 is 5.73 Å². The SMILES string of the molecule is N#Cc1c(C(F)(F)F)cc(-c2ccccc2)nc1S(=O)Cc1ccccc1C(N)=O. The second-order valence-corrected chi connectivity index (χ2v) is 7.59. The predicted molar refractivity (Wildman–Crippen MR) is 104 cm³/mol. The average Bonchev–Trinajstić information content (AvgIpc) is 2.73. The maximum absolute atomic E-state index is 13.6. The number of carbonyl (C=O) groups excluding carboxylic acids is 1. The van der Waals surface area contributed by atoms with E-state index in [9.17, 15) is 27.4 Å². The number of alkyl halides is 3. The maximum Gasteiger partial charge on any atom is 0.417 e. The molecular weight excluding hydrogens is 415 g/mol. The van der Waals surface area contributed by atoms with Crippen molar-refractivity contribution in [3.8, 4) is 17.3 Å². The molecule has 2 aromatic carbocycles. The van der Waals surface area contributed by atoms with Crippen LogP contribution in [0.5, 0.6) is 0 Å². The van der Waals surface area contributed by atoms with Crippen LogP contribution in [-0.2, 0) is 22.7 Å². The largest absolute Gasteiger partial charge is 0.417 e. The highest BCUT2D eigenvalue weighted by atomic mass is 32.2. The zero-order valence-electron chi connectivity index (χ0n) is 15.3. The molecule has 0 aliphatic carbocycles. The second kappa shape index (κ2) is 8.47. The number of nitrogens with zero attached hydrogens (tertiary/aromatic N) is 2. The fourth-order valence-corrected chi connectivity index (χ4v) is 4.13. The quantitative estimate of drug-likeness (QED) is 0.662. The average molecular weight is 429 g/mol. The molecule has 0 saturated carbocycles. The van der Waals surface area contributed by atoms with Crippen LogP contribution in [-0.4, -0.2) is 15.1 Å². The van der Waals surface area contributed by atoms with Gasteiger partial charge in [0.2, 0.25) is 5.91 Å². The standard InChI is InChI=1S/C21H14F3N3O2S/c22-21(23,24)17-10-18(13-6-2-1-3-7-13)27-20(16(17)11-25)30(29)12-14-8-4-5-9-15(14)19(26)28/h1-10H,12H2,(H2,26,28). The van der Waals surface area contributed by atoms with Crippen LogP contribution in [0.25, 0.3) is 11.3 Å². The fraction of sp³-hybridized carbons (Fsp3) is 0.0952. The Morgan fingerprint density at radius 3 is 2.33 bits per heavy atom. The zero-order chi connectivity index (χ0) is 21.9. The monoisotopic (exact) mass is 429 g/mol. The normalized spacial score (nSPS) is 12.2. The van der Waals surface area contributed by atoms with Crippen molar-refractivity contribution in [2.75, 3.05) is 0 Å². The summed E-state index contributed by atoms with van der Waals surface area (Å²) in [5, 5.41) is 8.89. The van der Waals surface area contributed by atoms with Gasteiger partial charge in [-0.2, -0.15) is 18.4 Å². The lowest BCUT2D eigenvalue weighted by Crippen LogP contribution is -2.16. The summed E-state index contributed by atoms with van der Waals surface area (Å²) in [5.74, 6) is -1.08. The van der Waals surface area contributed by atoms with Crippen molar-refractivity contribution in [2.45, 2.75) is 17.0 Å². The van der Waals surface area contributed by atoms with E-state index in [-0.39, 0.29) is 22.6 Å². The van der Waals surface area contributed by atoms with E-state index in [0.29, 0.717) is 5.56 Å². The Morgan fingerprint density at radius 1 is 1.10 bits per heavy atom. The van der Waals surface area contributed by atoms with E-state index in [1.807, 2.05) is 0 Å². The molecule has 1 atom stereocenters. The Balaban J connectivity index is 2.17. The molecule has 9 heteroatoms. The third-order valence-electron chi connectivity index (χ3n) is 4.26. The van der Waals surface area contributed by atoms with Crippen LogP contribution in [0.15, 0.2) is 65.7 Å². The number of hydrogen-bond acceptors (Lipinski definition) is 4. The summed E-state index contributed by atoms with van der Waals surface area (Å²) in [6.07, 6.45) is -4.85. The lowest BCUT2D eigenvalue weighted by Gasteiger charge is -2.15. The van der Waals surface area contributed by atoms with Crippen molar-refractivity contribution in [3.63, 3.8) is 0 Å². The first-order valence-electron chi connectivity index (χ1n) is 8.56. The molecule has 1 amide bonds. The number of amides is 1. The van der Waals surface area contributed by atoms with Crippen molar-refractivity contribution in [1.29, 1.82) is 5.26 Å². The maximum atomic E-state index is 13.6. The number of aromatic nitrogens is 1. The Kier molecular flexibility index (Phi) is 5.99. The van der Waals surface area contributed by atoms with E-state index < -0.39 is 39.0 Å². The van der Waals surface area contributed by atoms with E-state index in [4.69, 9.17) is 5.73 Å². The molecule has 0 spiro atoms. The van der Waals surface area contributed by atoms with Crippen molar-refractivity contribution in [2.24, 2.45) is 5.73 Å². The molecule has 0 aliphatic heterocycles. The third-order valence-corrected chi connectivity index (χ3v) is 5.56. The van der Waals surface area contributed by atoms with Crippen molar-refractivity contribution in [1.82, 2.24) is 4.98 Å². The molecule has 0 saturated heterocycles. The van der Waals surface area contributed by atoms with Crippen molar-refractivity contribution in [3.05, 3.63) is 82.9 Å². The first kappa shape index (κ1) is 21.2. The van der Waals surface area contributed by atoms with E-state index >= 15 is 0 Å². The number of carbonyl (C=O) groups is 1. The van der Waals surface area contributed by atoms with E-state index in [1.165, 1.54) is 18.2 Å². The number of nitrogens with two attached hydrogens (primary N) is 1. The fourth-order valence-electron chi connectivity index (χ4n) is 2.87. The molecule has 0 bridgehead atoms. The molecule has 3 rings (SSSR count). The number of pyridine rings is 1. The van der Waals surface area contributed by atoms with Gasteiger partial charge in [0, 0.05) is 11.1 Å². The summed E-state index contributed by atoms with van der Waals surface area (Å²) in [4.78, 5) is 15.7. The van der Waals surface area contributed by atoms with Gasteiger partial charge >= 0.3 is 6.18 Å². The first-order valence-corrected chi connectivity index (χ1v) is 9.88.